The first-order valence-corrected chi connectivity index (χ1v) is 6.85. The van der Waals surface area contributed by atoms with Crippen LogP contribution in [0.25, 0.3) is 0 Å². The van der Waals surface area contributed by atoms with Gasteiger partial charge in [-0.05, 0) is 30.3 Å². The van der Waals surface area contributed by atoms with Crippen LogP contribution in [0.5, 0.6) is 5.75 Å². The minimum Gasteiger partial charge on any atom is -0.421 e. The second-order valence-electron chi connectivity index (χ2n) is 4.23. The van der Waals surface area contributed by atoms with E-state index in [0.29, 0.717) is 11.4 Å². The molecule has 0 bridgehead atoms. The Bertz CT molecular complexity index is 735. The Kier molecular flexibility index (Phi) is 3.48. The average molecular weight is 328 g/mol. The molecule has 2 aromatic rings. The number of carbonyl (C=O) groups is 1. The monoisotopic (exact) mass is 327 g/mol. The molecule has 1 aliphatic rings. The maximum absolute atomic E-state index is 11.7. The molecule has 0 saturated heterocycles. The van der Waals surface area contributed by atoms with Crippen molar-refractivity contribution < 1.29 is 9.53 Å². The van der Waals surface area contributed by atoms with Crippen LogP contribution < -0.4 is 4.74 Å². The molecule has 3 nitrogen and oxygen atoms in total. The number of benzene rings is 2. The molecule has 0 unspecified atom stereocenters. The molecule has 98 valence electrons. The molecule has 1 aliphatic heterocycles. The summed E-state index contributed by atoms with van der Waals surface area (Å²) in [6.07, 6.45) is 3.05. The number of aliphatic imine (C=N–C) groups is 1. The largest absolute Gasteiger partial charge is 0.421 e. The summed E-state index contributed by atoms with van der Waals surface area (Å²) in [4.78, 5) is 16.2. The minimum atomic E-state index is -0.403. The molecule has 3 rings (SSSR count). The smallest absolute Gasteiger partial charge is 0.336 e. The number of carbonyl (C=O) groups excluding carboxylic acids is 1. The first kappa shape index (κ1) is 12.8. The van der Waals surface area contributed by atoms with Gasteiger partial charge in [0.15, 0.2) is 5.75 Å². The zero-order valence-corrected chi connectivity index (χ0v) is 12.0. The normalized spacial score (nSPS) is 15.4. The summed E-state index contributed by atoms with van der Waals surface area (Å²) in [5.41, 5.74) is 2.29. The van der Waals surface area contributed by atoms with Crippen LogP contribution >= 0.6 is 15.9 Å². The SMILES string of the molecule is O=C1/C=C\C(c2cccc(Br)c2)=Nc2ccccc2O1. The number of fused-ring (bicyclic) bond motifs is 1. The number of para-hydroxylation sites is 2. The second-order valence-corrected chi connectivity index (χ2v) is 5.15. The van der Waals surface area contributed by atoms with E-state index in [9.17, 15) is 4.79 Å². The van der Waals surface area contributed by atoms with Gasteiger partial charge in [-0.3, -0.25) is 0 Å². The van der Waals surface area contributed by atoms with Crippen molar-refractivity contribution in [2.75, 3.05) is 0 Å². The second kappa shape index (κ2) is 5.43. The van der Waals surface area contributed by atoms with Crippen LogP contribution in [-0.4, -0.2) is 11.7 Å². The van der Waals surface area contributed by atoms with Crippen molar-refractivity contribution in [2.45, 2.75) is 0 Å². The van der Waals surface area contributed by atoms with Crippen LogP contribution in [0.1, 0.15) is 5.56 Å². The summed E-state index contributed by atoms with van der Waals surface area (Å²) in [6, 6.07) is 15.0. The summed E-state index contributed by atoms with van der Waals surface area (Å²) in [6.45, 7) is 0. The van der Waals surface area contributed by atoms with Gasteiger partial charge in [0.25, 0.3) is 0 Å². The fourth-order valence-electron chi connectivity index (χ4n) is 1.90. The standard InChI is InChI=1S/C16H10BrNO2/c17-12-5-3-4-11(10-12)13-8-9-16(19)20-15-7-2-1-6-14(15)18-13/h1-10H/b9-8-,18-13?. The zero-order valence-electron chi connectivity index (χ0n) is 10.4. The fraction of sp³-hybridized carbons (Fsp3) is 0. The van der Waals surface area contributed by atoms with E-state index in [1.807, 2.05) is 42.5 Å². The lowest BCUT2D eigenvalue weighted by molar-refractivity contribution is -0.128. The Hall–Kier alpha value is -2.20. The van der Waals surface area contributed by atoms with Gasteiger partial charge >= 0.3 is 5.97 Å². The minimum absolute atomic E-state index is 0.403. The topological polar surface area (TPSA) is 38.7 Å². The van der Waals surface area contributed by atoms with Crippen molar-refractivity contribution in [1.82, 2.24) is 0 Å². The van der Waals surface area contributed by atoms with Crippen LogP contribution in [0.4, 0.5) is 5.69 Å². The van der Waals surface area contributed by atoms with Crippen LogP contribution in [0.2, 0.25) is 0 Å². The van der Waals surface area contributed by atoms with E-state index in [1.54, 1.807) is 12.1 Å². The van der Waals surface area contributed by atoms with E-state index in [1.165, 1.54) is 6.08 Å². The van der Waals surface area contributed by atoms with Gasteiger partial charge in [-0.15, -0.1) is 0 Å². The van der Waals surface area contributed by atoms with Gasteiger partial charge in [0.05, 0.1) is 5.71 Å². The molecule has 20 heavy (non-hydrogen) atoms. The number of hydrogen-bond acceptors (Lipinski definition) is 3. The quantitative estimate of drug-likeness (QED) is 0.585. The van der Waals surface area contributed by atoms with Crippen LogP contribution in [0, 0.1) is 0 Å². The first-order valence-electron chi connectivity index (χ1n) is 6.06. The molecule has 0 N–H and O–H groups in total. The van der Waals surface area contributed by atoms with Crippen LogP contribution in [0.3, 0.4) is 0 Å². The van der Waals surface area contributed by atoms with Crippen LogP contribution in [0.15, 0.2) is 70.1 Å². The van der Waals surface area contributed by atoms with Crippen molar-refractivity contribution in [3.8, 4) is 5.75 Å². The maximum Gasteiger partial charge on any atom is 0.336 e. The molecule has 0 aromatic heterocycles. The number of esters is 1. The van der Waals surface area contributed by atoms with E-state index in [2.05, 4.69) is 20.9 Å². The van der Waals surface area contributed by atoms with Crippen molar-refractivity contribution in [3.05, 3.63) is 70.7 Å². The lowest BCUT2D eigenvalue weighted by Gasteiger charge is -2.10. The predicted octanol–water partition coefficient (Wildman–Crippen LogP) is 4.05. The van der Waals surface area contributed by atoms with Crippen molar-refractivity contribution in [2.24, 2.45) is 4.99 Å². The number of nitrogens with zero attached hydrogens (tertiary/aromatic N) is 1. The van der Waals surface area contributed by atoms with Gasteiger partial charge in [0.1, 0.15) is 5.69 Å². The third-order valence-electron chi connectivity index (χ3n) is 2.81. The molecule has 2 aromatic carbocycles. The summed E-state index contributed by atoms with van der Waals surface area (Å²) in [7, 11) is 0. The van der Waals surface area contributed by atoms with Crippen molar-refractivity contribution >= 4 is 33.3 Å². The molecule has 1 heterocycles. The van der Waals surface area contributed by atoms with Gasteiger partial charge in [0, 0.05) is 16.1 Å². The Morgan fingerprint density at radius 1 is 1.00 bits per heavy atom. The summed E-state index contributed by atoms with van der Waals surface area (Å²) in [5, 5.41) is 0. The maximum atomic E-state index is 11.7. The van der Waals surface area contributed by atoms with E-state index in [4.69, 9.17) is 4.74 Å². The molecule has 0 saturated carbocycles. The zero-order chi connectivity index (χ0) is 13.9. The Balaban J connectivity index is 2.15. The highest BCUT2D eigenvalue weighted by molar-refractivity contribution is 9.10. The van der Waals surface area contributed by atoms with E-state index < -0.39 is 5.97 Å². The fourth-order valence-corrected chi connectivity index (χ4v) is 2.30. The Morgan fingerprint density at radius 2 is 1.85 bits per heavy atom. The van der Waals surface area contributed by atoms with Crippen molar-refractivity contribution in [3.63, 3.8) is 0 Å². The summed E-state index contributed by atoms with van der Waals surface area (Å²) < 4.78 is 6.16. The summed E-state index contributed by atoms with van der Waals surface area (Å²) >= 11 is 3.44. The highest BCUT2D eigenvalue weighted by Gasteiger charge is 2.11. The molecular weight excluding hydrogens is 318 g/mol. The molecule has 0 aliphatic carbocycles. The first-order chi connectivity index (χ1) is 9.72. The van der Waals surface area contributed by atoms with Gasteiger partial charge in [-0.1, -0.05) is 40.2 Å². The van der Waals surface area contributed by atoms with Gasteiger partial charge in [-0.25, -0.2) is 9.79 Å². The van der Waals surface area contributed by atoms with E-state index >= 15 is 0 Å². The molecule has 0 spiro atoms. The molecule has 4 heteroatoms. The lowest BCUT2D eigenvalue weighted by atomic mass is 10.1. The Labute approximate surface area is 124 Å². The Morgan fingerprint density at radius 3 is 2.70 bits per heavy atom. The highest BCUT2D eigenvalue weighted by atomic mass is 79.9. The molecular formula is C16H10BrNO2. The summed E-state index contributed by atoms with van der Waals surface area (Å²) in [5.74, 6) is 0.0641. The van der Waals surface area contributed by atoms with Gasteiger partial charge in [-0.2, -0.15) is 0 Å². The van der Waals surface area contributed by atoms with Crippen LogP contribution in [-0.2, 0) is 4.79 Å². The highest BCUT2D eigenvalue weighted by Crippen LogP contribution is 2.29. The van der Waals surface area contributed by atoms with Crippen molar-refractivity contribution in [1.29, 1.82) is 0 Å². The molecule has 0 radical (unpaired) electrons. The molecule has 0 atom stereocenters. The third kappa shape index (κ3) is 2.70. The van der Waals surface area contributed by atoms with E-state index in [-0.39, 0.29) is 0 Å². The lowest BCUT2D eigenvalue weighted by Crippen LogP contribution is -2.08. The predicted molar refractivity (Wildman–Crippen MR) is 81.6 cm³/mol. The molecule has 0 amide bonds. The van der Waals surface area contributed by atoms with E-state index in [0.717, 1.165) is 15.7 Å². The number of halogens is 1. The van der Waals surface area contributed by atoms with Gasteiger partial charge in [0.2, 0.25) is 0 Å². The third-order valence-corrected chi connectivity index (χ3v) is 3.31. The number of hydrogen-bond donors (Lipinski definition) is 0. The number of ether oxygens (including phenoxy) is 1. The molecule has 0 fully saturated rings. The number of allylic oxidation sites excluding steroid dienone is 1. The average Bonchev–Trinajstić information content (AvgIpc) is 2.43. The number of rotatable bonds is 1. The van der Waals surface area contributed by atoms with Gasteiger partial charge < -0.3 is 4.74 Å².